The van der Waals surface area contributed by atoms with Crippen molar-refractivity contribution in [3.8, 4) is 23.0 Å². The Labute approximate surface area is 134 Å². The van der Waals surface area contributed by atoms with Gasteiger partial charge < -0.3 is 20.1 Å². The summed E-state index contributed by atoms with van der Waals surface area (Å²) < 4.78 is 5.21. The molecule has 1 atom stereocenters. The van der Waals surface area contributed by atoms with Gasteiger partial charge in [0, 0.05) is 19.1 Å². The zero-order valence-corrected chi connectivity index (χ0v) is 12.9. The Bertz CT molecular complexity index is 787. The molecule has 4 rings (SSSR count). The molecule has 0 radical (unpaired) electrons. The van der Waals surface area contributed by atoms with E-state index >= 15 is 0 Å². The molecule has 0 unspecified atom stereocenters. The summed E-state index contributed by atoms with van der Waals surface area (Å²) in [6, 6.07) is 7.20. The first-order chi connectivity index (χ1) is 11.1. The molecule has 0 saturated heterocycles. The zero-order chi connectivity index (χ0) is 16.1. The summed E-state index contributed by atoms with van der Waals surface area (Å²) in [5.41, 5.74) is 4.42. The summed E-state index contributed by atoms with van der Waals surface area (Å²) >= 11 is 0. The van der Waals surface area contributed by atoms with Crippen LogP contribution in [0.5, 0.6) is 23.0 Å². The summed E-state index contributed by atoms with van der Waals surface area (Å²) in [7, 11) is 1.56. The molecule has 0 saturated carbocycles. The van der Waals surface area contributed by atoms with Gasteiger partial charge in [0.1, 0.15) is 0 Å². The van der Waals surface area contributed by atoms with Crippen molar-refractivity contribution in [2.45, 2.75) is 25.4 Å². The molecular weight excluding hydrogens is 294 g/mol. The van der Waals surface area contributed by atoms with Gasteiger partial charge in [-0.05, 0) is 59.4 Å². The quantitative estimate of drug-likeness (QED) is 0.705. The van der Waals surface area contributed by atoms with E-state index in [9.17, 15) is 15.3 Å². The van der Waals surface area contributed by atoms with Gasteiger partial charge in [-0.25, -0.2) is 0 Å². The van der Waals surface area contributed by atoms with Crippen LogP contribution < -0.4 is 4.74 Å². The normalized spacial score (nSPS) is 19.6. The maximum atomic E-state index is 10.1. The highest BCUT2D eigenvalue weighted by molar-refractivity contribution is 5.51. The SMILES string of the molecule is COc1cc2c(cc1O)[C@@H]1Cc3cc(O)c(O)cc3CN1CC2. The standard InChI is InChI=1S/C18H19NO4/c1-23-18-7-10-2-3-19-9-12-6-16(21)15(20)5-11(12)4-14(19)13(10)8-17(18)22/h5-8,14,20-22H,2-4,9H2,1H3/t14-/m0/s1. The largest absolute Gasteiger partial charge is 0.504 e. The van der Waals surface area contributed by atoms with Crippen LogP contribution in [0.15, 0.2) is 24.3 Å². The first kappa shape index (κ1) is 14.2. The molecule has 2 aliphatic rings. The number of aromatic hydroxyl groups is 3. The lowest BCUT2D eigenvalue weighted by Crippen LogP contribution is -2.39. The van der Waals surface area contributed by atoms with Crippen molar-refractivity contribution in [3.05, 3.63) is 46.5 Å². The second-order valence-electron chi connectivity index (χ2n) is 6.27. The minimum absolute atomic E-state index is 0.0676. The van der Waals surface area contributed by atoms with Crippen molar-refractivity contribution < 1.29 is 20.1 Å². The summed E-state index contributed by atoms with van der Waals surface area (Å²) in [6.07, 6.45) is 1.66. The molecule has 0 aliphatic carbocycles. The third-order valence-corrected chi connectivity index (χ3v) is 4.99. The number of rotatable bonds is 1. The van der Waals surface area contributed by atoms with E-state index in [-0.39, 0.29) is 23.3 Å². The van der Waals surface area contributed by atoms with Crippen molar-refractivity contribution >= 4 is 0 Å². The minimum Gasteiger partial charge on any atom is -0.504 e. The maximum absolute atomic E-state index is 10.1. The molecule has 23 heavy (non-hydrogen) atoms. The summed E-state index contributed by atoms with van der Waals surface area (Å²) in [5.74, 6) is 0.524. The fraction of sp³-hybridized carbons (Fsp3) is 0.333. The number of hydrogen-bond donors (Lipinski definition) is 3. The average Bonchev–Trinajstić information content (AvgIpc) is 2.54. The van der Waals surface area contributed by atoms with Crippen molar-refractivity contribution in [2.75, 3.05) is 13.7 Å². The van der Waals surface area contributed by atoms with Crippen molar-refractivity contribution in [2.24, 2.45) is 0 Å². The highest BCUT2D eigenvalue weighted by atomic mass is 16.5. The van der Waals surface area contributed by atoms with Crippen LogP contribution in [0.2, 0.25) is 0 Å². The van der Waals surface area contributed by atoms with Crippen LogP contribution in [0.4, 0.5) is 0 Å². The Morgan fingerprint density at radius 3 is 2.43 bits per heavy atom. The van der Waals surface area contributed by atoms with Gasteiger partial charge in [0.25, 0.3) is 0 Å². The van der Waals surface area contributed by atoms with Crippen molar-refractivity contribution in [3.63, 3.8) is 0 Å². The van der Waals surface area contributed by atoms with Gasteiger partial charge in [0.2, 0.25) is 0 Å². The van der Waals surface area contributed by atoms with Crippen molar-refractivity contribution in [1.82, 2.24) is 4.90 Å². The number of hydrogen-bond acceptors (Lipinski definition) is 5. The van der Waals surface area contributed by atoms with Crippen molar-refractivity contribution in [1.29, 1.82) is 0 Å². The smallest absolute Gasteiger partial charge is 0.160 e. The molecule has 5 nitrogen and oxygen atoms in total. The predicted octanol–water partition coefficient (Wildman–Crippen LogP) is 2.47. The summed E-state index contributed by atoms with van der Waals surface area (Å²) in [4.78, 5) is 2.35. The van der Waals surface area contributed by atoms with E-state index in [2.05, 4.69) is 4.90 Å². The van der Waals surface area contributed by atoms with Gasteiger partial charge in [-0.1, -0.05) is 0 Å². The van der Waals surface area contributed by atoms with E-state index in [0.717, 1.165) is 42.6 Å². The van der Waals surface area contributed by atoms with E-state index in [1.54, 1.807) is 25.3 Å². The molecule has 0 amide bonds. The molecule has 120 valence electrons. The van der Waals surface area contributed by atoms with E-state index in [1.807, 2.05) is 6.07 Å². The van der Waals surface area contributed by atoms with Crippen LogP contribution in [-0.4, -0.2) is 33.9 Å². The van der Waals surface area contributed by atoms with Crippen LogP contribution in [0.1, 0.15) is 28.3 Å². The third-order valence-electron chi connectivity index (χ3n) is 4.99. The fourth-order valence-corrected chi connectivity index (χ4v) is 3.79. The molecule has 0 aromatic heterocycles. The predicted molar refractivity (Wildman–Crippen MR) is 85.0 cm³/mol. The molecule has 3 N–H and O–H groups in total. The lowest BCUT2D eigenvalue weighted by Gasteiger charge is -2.41. The van der Waals surface area contributed by atoms with E-state index in [1.165, 1.54) is 5.56 Å². The van der Waals surface area contributed by atoms with Gasteiger partial charge in [0.15, 0.2) is 23.0 Å². The highest BCUT2D eigenvalue weighted by Gasteiger charge is 2.33. The molecule has 5 heteroatoms. The van der Waals surface area contributed by atoms with Crippen LogP contribution in [0.25, 0.3) is 0 Å². The third kappa shape index (κ3) is 2.19. The Hall–Kier alpha value is -2.40. The Balaban J connectivity index is 1.77. The lowest BCUT2D eigenvalue weighted by atomic mass is 9.83. The Morgan fingerprint density at radius 1 is 0.957 bits per heavy atom. The lowest BCUT2D eigenvalue weighted by molar-refractivity contribution is 0.160. The maximum Gasteiger partial charge on any atom is 0.160 e. The molecule has 0 fully saturated rings. The molecule has 2 aromatic carbocycles. The monoisotopic (exact) mass is 313 g/mol. The highest BCUT2D eigenvalue weighted by Crippen LogP contribution is 2.43. The second-order valence-corrected chi connectivity index (χ2v) is 6.27. The van der Waals surface area contributed by atoms with Crippen LogP contribution in [0.3, 0.4) is 0 Å². The van der Waals surface area contributed by atoms with Crippen LogP contribution >= 0.6 is 0 Å². The zero-order valence-electron chi connectivity index (χ0n) is 12.9. The fourth-order valence-electron chi connectivity index (χ4n) is 3.79. The number of phenols is 3. The number of nitrogens with zero attached hydrogens (tertiary/aromatic N) is 1. The number of fused-ring (bicyclic) bond motifs is 4. The Morgan fingerprint density at radius 2 is 1.70 bits per heavy atom. The topological polar surface area (TPSA) is 73.2 Å². The summed E-state index contributed by atoms with van der Waals surface area (Å²) in [6.45, 7) is 1.66. The molecule has 2 aromatic rings. The number of ether oxygens (including phenoxy) is 1. The van der Waals surface area contributed by atoms with Gasteiger partial charge in [-0.15, -0.1) is 0 Å². The molecule has 0 bridgehead atoms. The minimum atomic E-state index is -0.0780. The number of phenolic OH excluding ortho intramolecular Hbond substituents is 3. The van der Waals surface area contributed by atoms with Crippen LogP contribution in [-0.2, 0) is 19.4 Å². The molecular formula is C18H19NO4. The first-order valence-electron chi connectivity index (χ1n) is 7.74. The van der Waals surface area contributed by atoms with Gasteiger partial charge in [-0.3, -0.25) is 4.90 Å². The number of benzene rings is 2. The molecule has 2 aliphatic heterocycles. The first-order valence-corrected chi connectivity index (χ1v) is 7.74. The van der Waals surface area contributed by atoms with Gasteiger partial charge >= 0.3 is 0 Å². The molecule has 2 heterocycles. The van der Waals surface area contributed by atoms with Gasteiger partial charge in [0.05, 0.1) is 7.11 Å². The molecule has 0 spiro atoms. The van der Waals surface area contributed by atoms with Crippen LogP contribution in [0, 0.1) is 0 Å². The van der Waals surface area contributed by atoms with Gasteiger partial charge in [-0.2, -0.15) is 0 Å². The van der Waals surface area contributed by atoms with E-state index in [4.69, 9.17) is 4.74 Å². The average molecular weight is 313 g/mol. The summed E-state index contributed by atoms with van der Waals surface area (Å²) in [5, 5.41) is 29.6. The van der Waals surface area contributed by atoms with E-state index in [0.29, 0.717) is 5.75 Å². The Kier molecular flexibility index (Phi) is 3.13. The van der Waals surface area contributed by atoms with E-state index < -0.39 is 0 Å². The second kappa shape index (κ2) is 5.06. The number of methoxy groups -OCH3 is 1.